The quantitative estimate of drug-likeness (QED) is 0.132. The predicted molar refractivity (Wildman–Crippen MR) is 188 cm³/mol. The van der Waals surface area contributed by atoms with Crippen LogP contribution < -0.4 is 0 Å². The van der Waals surface area contributed by atoms with E-state index in [0.29, 0.717) is 6.42 Å². The van der Waals surface area contributed by atoms with Gasteiger partial charge >= 0.3 is 6.09 Å². The van der Waals surface area contributed by atoms with Gasteiger partial charge in [-0.05, 0) is 74.4 Å². The fraction of sp³-hybridized carbons (Fsp3) is 0.722. The highest BCUT2D eigenvalue weighted by Gasteiger charge is 2.48. The lowest BCUT2D eigenvalue weighted by Crippen LogP contribution is -2.55. The summed E-state index contributed by atoms with van der Waals surface area (Å²) in [6, 6.07) is 12.6. The first-order chi connectivity index (χ1) is 20.5. The van der Waals surface area contributed by atoms with Gasteiger partial charge in [-0.3, -0.25) is 4.79 Å². The van der Waals surface area contributed by atoms with Crippen molar-refractivity contribution < 1.29 is 23.2 Å². The predicted octanol–water partition coefficient (Wildman–Crippen LogP) is 9.62. The summed E-state index contributed by atoms with van der Waals surface area (Å²) >= 11 is 0. The van der Waals surface area contributed by atoms with Crippen LogP contribution in [-0.2, 0) is 24.8 Å². The zero-order valence-corrected chi connectivity index (χ0v) is 32.2. The second kappa shape index (κ2) is 16.2. The smallest absolute Gasteiger partial charge is 0.416 e. The number of allylic oxidation sites excluding steroid dienone is 2. The van der Waals surface area contributed by atoms with Gasteiger partial charge in [0.05, 0.1) is 24.2 Å². The van der Waals surface area contributed by atoms with Crippen LogP contribution in [0.25, 0.3) is 0 Å². The third-order valence-corrected chi connectivity index (χ3v) is 19.8. The molecule has 44 heavy (non-hydrogen) atoms. The van der Waals surface area contributed by atoms with Crippen molar-refractivity contribution in [2.24, 2.45) is 17.8 Å². The van der Waals surface area contributed by atoms with E-state index < -0.39 is 28.6 Å². The Balaban J connectivity index is 2.58. The van der Waals surface area contributed by atoms with Crippen LogP contribution in [0.4, 0.5) is 4.79 Å². The molecule has 0 bridgehead atoms. The Morgan fingerprint density at radius 2 is 1.59 bits per heavy atom. The number of nitrogens with zero attached hydrogens (tertiary/aromatic N) is 1. The minimum atomic E-state index is -2.17. The molecule has 8 heteroatoms. The van der Waals surface area contributed by atoms with Crippen molar-refractivity contribution in [1.82, 2.24) is 4.90 Å². The number of carbonyl (C=O) groups is 2. The number of amides is 2. The van der Waals surface area contributed by atoms with Gasteiger partial charge in [0.15, 0.2) is 16.6 Å². The van der Waals surface area contributed by atoms with Gasteiger partial charge in [0.2, 0.25) is 5.91 Å². The molecule has 6 atom stereocenters. The molecule has 1 saturated heterocycles. The van der Waals surface area contributed by atoms with Gasteiger partial charge in [0.25, 0.3) is 0 Å². The number of rotatable bonds is 16. The molecule has 1 aliphatic rings. The number of benzene rings is 1. The second-order valence-electron chi connectivity index (χ2n) is 14.8. The lowest BCUT2D eigenvalue weighted by atomic mass is 9.81. The standard InChI is InChI=1S/C36H63NO5Si2/c1-14-26(5)23-27(6)32(41-43(12,13)36(9,10)11)28(7)33(42-44(15-2,16-3)17-4)29(8)34(38)37-31(25-40-35(37)39)24-30-21-19-18-20-22-30/h14,18-22,27-29,31-33H,15-17,23-25H2,1-13H3/b26-14+/t27-,28+,29-,31-,32-,33+/m0/s1. The van der Waals surface area contributed by atoms with Crippen molar-refractivity contribution in [3.8, 4) is 0 Å². The summed E-state index contributed by atoms with van der Waals surface area (Å²) in [5.74, 6) is -0.580. The van der Waals surface area contributed by atoms with Crippen molar-refractivity contribution in [2.45, 2.75) is 144 Å². The van der Waals surface area contributed by atoms with Crippen molar-refractivity contribution in [3.05, 3.63) is 47.5 Å². The van der Waals surface area contributed by atoms with Crippen molar-refractivity contribution in [2.75, 3.05) is 6.61 Å². The van der Waals surface area contributed by atoms with Crippen LogP contribution in [0, 0.1) is 17.8 Å². The molecular formula is C36H63NO5Si2. The van der Waals surface area contributed by atoms with Crippen molar-refractivity contribution in [1.29, 1.82) is 0 Å². The maximum atomic E-state index is 14.4. The van der Waals surface area contributed by atoms with E-state index in [1.54, 1.807) is 0 Å². The molecule has 1 aromatic rings. The van der Waals surface area contributed by atoms with E-state index in [1.165, 1.54) is 10.5 Å². The first-order valence-electron chi connectivity index (χ1n) is 17.0. The fourth-order valence-corrected chi connectivity index (χ4v) is 10.7. The molecule has 0 aliphatic carbocycles. The van der Waals surface area contributed by atoms with Gasteiger partial charge in [-0.2, -0.15) is 0 Å². The Bertz CT molecular complexity index is 1090. The van der Waals surface area contributed by atoms with E-state index in [0.717, 1.165) is 30.1 Å². The highest BCUT2D eigenvalue weighted by atomic mass is 28.4. The summed E-state index contributed by atoms with van der Waals surface area (Å²) in [6.07, 6.45) is 2.63. The first kappa shape index (κ1) is 38.4. The van der Waals surface area contributed by atoms with E-state index >= 15 is 0 Å². The normalized spacial score (nSPS) is 20.2. The van der Waals surface area contributed by atoms with Crippen LogP contribution in [0.15, 0.2) is 42.0 Å². The highest BCUT2D eigenvalue weighted by Crippen LogP contribution is 2.42. The summed E-state index contributed by atoms with van der Waals surface area (Å²) in [4.78, 5) is 28.9. The van der Waals surface area contributed by atoms with Crippen molar-refractivity contribution in [3.63, 3.8) is 0 Å². The molecule has 0 N–H and O–H groups in total. The maximum Gasteiger partial charge on any atom is 0.416 e. The Labute approximate surface area is 271 Å². The summed E-state index contributed by atoms with van der Waals surface area (Å²) in [7, 11) is -4.31. The van der Waals surface area contributed by atoms with E-state index in [2.05, 4.69) is 88.4 Å². The lowest BCUT2D eigenvalue weighted by molar-refractivity contribution is -0.138. The molecule has 250 valence electrons. The Morgan fingerprint density at radius 3 is 2.09 bits per heavy atom. The molecule has 1 aromatic carbocycles. The zero-order valence-electron chi connectivity index (χ0n) is 30.2. The Kier molecular flexibility index (Phi) is 14.1. The van der Waals surface area contributed by atoms with Crippen LogP contribution in [0.3, 0.4) is 0 Å². The van der Waals surface area contributed by atoms with Gasteiger partial charge in [0, 0.05) is 5.92 Å². The number of hydrogen-bond donors (Lipinski definition) is 0. The summed E-state index contributed by atoms with van der Waals surface area (Å²) in [5, 5.41) is 0.0385. The molecule has 6 nitrogen and oxygen atoms in total. The fourth-order valence-electron chi connectivity index (χ4n) is 6.27. The maximum absolute atomic E-state index is 14.4. The number of ether oxygens (including phenoxy) is 1. The largest absolute Gasteiger partial charge is 0.447 e. The van der Waals surface area contributed by atoms with E-state index in [-0.39, 0.29) is 47.6 Å². The van der Waals surface area contributed by atoms with E-state index in [1.807, 2.05) is 37.3 Å². The molecule has 0 unspecified atom stereocenters. The number of carbonyl (C=O) groups excluding carboxylic acids is 2. The van der Waals surface area contributed by atoms with E-state index in [9.17, 15) is 9.59 Å². The van der Waals surface area contributed by atoms with Crippen LogP contribution in [-0.4, -0.2) is 58.4 Å². The third-order valence-electron chi connectivity index (χ3n) is 10.7. The molecule has 2 amide bonds. The molecule has 2 rings (SSSR count). The number of cyclic esters (lactones) is 1. The average molecular weight is 646 g/mol. The molecule has 1 heterocycles. The molecule has 0 spiro atoms. The minimum absolute atomic E-state index is 0.0385. The molecule has 1 fully saturated rings. The summed E-state index contributed by atoms with van der Waals surface area (Å²) in [5.41, 5.74) is 2.41. The molecule has 1 aliphatic heterocycles. The monoisotopic (exact) mass is 645 g/mol. The summed E-state index contributed by atoms with van der Waals surface area (Å²) in [6.45, 7) is 29.1. The Hall–Kier alpha value is -1.75. The molecular weight excluding hydrogens is 583 g/mol. The SMILES string of the molecule is C/C=C(\C)C[C@H](C)[C@H](O[Si](C)(C)C(C)(C)C)[C@@H](C)[C@@H](O[Si](CC)(CC)CC)[C@H](C)C(=O)N1C(=O)OC[C@@H]1Cc1ccccc1. The average Bonchev–Trinajstić information content (AvgIpc) is 3.34. The molecule has 0 saturated carbocycles. The minimum Gasteiger partial charge on any atom is -0.447 e. The Morgan fingerprint density at radius 1 is 1.02 bits per heavy atom. The van der Waals surface area contributed by atoms with Crippen LogP contribution >= 0.6 is 0 Å². The van der Waals surface area contributed by atoms with Crippen LogP contribution in [0.5, 0.6) is 0 Å². The molecule has 0 aromatic heterocycles. The third kappa shape index (κ3) is 9.39. The van der Waals surface area contributed by atoms with Gasteiger partial charge in [-0.1, -0.05) is 104 Å². The van der Waals surface area contributed by atoms with Crippen LogP contribution in [0.2, 0.25) is 36.3 Å². The summed E-state index contributed by atoms with van der Waals surface area (Å²) < 4.78 is 20.1. The topological polar surface area (TPSA) is 65.1 Å². The lowest BCUT2D eigenvalue weighted by Gasteiger charge is -2.47. The van der Waals surface area contributed by atoms with Gasteiger partial charge < -0.3 is 13.6 Å². The highest BCUT2D eigenvalue weighted by molar-refractivity contribution is 6.74. The number of hydrogen-bond acceptors (Lipinski definition) is 5. The van der Waals surface area contributed by atoms with Gasteiger partial charge in [-0.25, -0.2) is 9.69 Å². The van der Waals surface area contributed by atoms with Crippen LogP contribution in [0.1, 0.15) is 88.1 Å². The number of imide groups is 1. The van der Waals surface area contributed by atoms with Gasteiger partial charge in [0.1, 0.15) is 6.61 Å². The zero-order chi connectivity index (χ0) is 33.5. The van der Waals surface area contributed by atoms with Gasteiger partial charge in [-0.15, -0.1) is 0 Å². The molecule has 0 radical (unpaired) electrons. The second-order valence-corrected chi connectivity index (χ2v) is 24.2. The van der Waals surface area contributed by atoms with Crippen molar-refractivity contribution >= 4 is 28.6 Å². The first-order valence-corrected chi connectivity index (χ1v) is 22.4. The van der Waals surface area contributed by atoms with E-state index in [4.69, 9.17) is 13.6 Å².